The van der Waals surface area contributed by atoms with Crippen molar-refractivity contribution in [1.29, 1.82) is 0 Å². The van der Waals surface area contributed by atoms with Crippen LogP contribution in [-0.2, 0) is 0 Å². The van der Waals surface area contributed by atoms with Crippen molar-refractivity contribution in [3.8, 4) is 0 Å². The van der Waals surface area contributed by atoms with E-state index in [9.17, 15) is 0 Å². The standard InChI is InChI=1S/C13H23NS2/c1-5-11(12-7-6-9-15-12)14-8-10-16-13(2,3)4/h6-7,9,11,14H,5,8,10H2,1-4H3. The smallest absolute Gasteiger partial charge is 0.0412 e. The minimum atomic E-state index is 0.381. The number of rotatable bonds is 6. The van der Waals surface area contributed by atoms with Gasteiger partial charge in [-0.05, 0) is 17.9 Å². The van der Waals surface area contributed by atoms with Crippen LogP contribution < -0.4 is 5.32 Å². The van der Waals surface area contributed by atoms with Gasteiger partial charge < -0.3 is 5.32 Å². The van der Waals surface area contributed by atoms with Gasteiger partial charge in [-0.1, -0.05) is 33.8 Å². The zero-order valence-corrected chi connectivity index (χ0v) is 12.4. The summed E-state index contributed by atoms with van der Waals surface area (Å²) in [6, 6.07) is 4.90. The Kier molecular flexibility index (Phi) is 5.87. The molecule has 1 unspecified atom stereocenters. The lowest BCUT2D eigenvalue weighted by atomic mass is 10.2. The first kappa shape index (κ1) is 14.1. The van der Waals surface area contributed by atoms with Crippen LogP contribution in [0.2, 0.25) is 0 Å². The van der Waals surface area contributed by atoms with Gasteiger partial charge in [-0.15, -0.1) is 11.3 Å². The van der Waals surface area contributed by atoms with Crippen molar-refractivity contribution >= 4 is 23.1 Å². The zero-order chi connectivity index (χ0) is 12.0. The summed E-state index contributed by atoms with van der Waals surface area (Å²) < 4.78 is 0.381. The van der Waals surface area contributed by atoms with Gasteiger partial charge in [0.2, 0.25) is 0 Å². The number of thioether (sulfide) groups is 1. The Morgan fingerprint density at radius 3 is 2.69 bits per heavy atom. The van der Waals surface area contributed by atoms with E-state index in [0.717, 1.165) is 6.54 Å². The monoisotopic (exact) mass is 257 g/mol. The van der Waals surface area contributed by atoms with E-state index in [2.05, 4.69) is 50.5 Å². The van der Waals surface area contributed by atoms with Crippen molar-refractivity contribution in [3.05, 3.63) is 22.4 Å². The van der Waals surface area contributed by atoms with Crippen LogP contribution in [0.4, 0.5) is 0 Å². The van der Waals surface area contributed by atoms with Crippen LogP contribution in [0, 0.1) is 0 Å². The average Bonchev–Trinajstić information content (AvgIpc) is 2.69. The molecule has 1 N–H and O–H groups in total. The Morgan fingerprint density at radius 1 is 1.44 bits per heavy atom. The van der Waals surface area contributed by atoms with Crippen LogP contribution in [0.3, 0.4) is 0 Å². The highest BCUT2D eigenvalue weighted by Gasteiger charge is 2.12. The number of hydrogen-bond acceptors (Lipinski definition) is 3. The molecule has 0 bridgehead atoms. The van der Waals surface area contributed by atoms with Crippen molar-refractivity contribution in [2.24, 2.45) is 0 Å². The predicted molar refractivity (Wildman–Crippen MR) is 77.6 cm³/mol. The fraction of sp³-hybridized carbons (Fsp3) is 0.692. The molecule has 1 atom stereocenters. The van der Waals surface area contributed by atoms with Crippen molar-refractivity contribution in [1.82, 2.24) is 5.32 Å². The topological polar surface area (TPSA) is 12.0 Å². The van der Waals surface area contributed by atoms with Crippen molar-refractivity contribution in [2.75, 3.05) is 12.3 Å². The number of hydrogen-bond donors (Lipinski definition) is 1. The third kappa shape index (κ3) is 5.37. The molecule has 0 aliphatic carbocycles. The van der Waals surface area contributed by atoms with Crippen LogP contribution in [0.15, 0.2) is 17.5 Å². The van der Waals surface area contributed by atoms with Crippen molar-refractivity contribution in [2.45, 2.75) is 44.9 Å². The fourth-order valence-corrected chi connectivity index (χ4v) is 3.24. The van der Waals surface area contributed by atoms with Crippen LogP contribution in [0.1, 0.15) is 45.0 Å². The molecule has 1 aromatic rings. The Morgan fingerprint density at radius 2 is 2.19 bits per heavy atom. The zero-order valence-electron chi connectivity index (χ0n) is 10.7. The second-order valence-electron chi connectivity index (χ2n) is 4.89. The fourth-order valence-electron chi connectivity index (χ4n) is 1.53. The highest BCUT2D eigenvalue weighted by Crippen LogP contribution is 2.24. The molecule has 0 aliphatic rings. The lowest BCUT2D eigenvalue weighted by Crippen LogP contribution is -2.24. The van der Waals surface area contributed by atoms with Crippen LogP contribution in [0.25, 0.3) is 0 Å². The van der Waals surface area contributed by atoms with Crippen LogP contribution in [0.5, 0.6) is 0 Å². The van der Waals surface area contributed by atoms with Crippen LogP contribution >= 0.6 is 23.1 Å². The third-order valence-electron chi connectivity index (χ3n) is 2.32. The van der Waals surface area contributed by atoms with Gasteiger partial charge in [0, 0.05) is 28.0 Å². The Hall–Kier alpha value is 0.01000. The van der Waals surface area contributed by atoms with Crippen molar-refractivity contribution < 1.29 is 0 Å². The lowest BCUT2D eigenvalue weighted by Gasteiger charge is -2.19. The molecule has 0 radical (unpaired) electrons. The van der Waals surface area contributed by atoms with E-state index in [1.54, 1.807) is 0 Å². The molecule has 1 aromatic heterocycles. The van der Waals surface area contributed by atoms with Gasteiger partial charge in [-0.2, -0.15) is 11.8 Å². The quantitative estimate of drug-likeness (QED) is 0.762. The second kappa shape index (κ2) is 6.67. The van der Waals surface area contributed by atoms with E-state index in [4.69, 9.17) is 0 Å². The molecule has 0 saturated heterocycles. The van der Waals surface area contributed by atoms with Gasteiger partial charge in [-0.3, -0.25) is 0 Å². The van der Waals surface area contributed by atoms with E-state index >= 15 is 0 Å². The second-order valence-corrected chi connectivity index (χ2v) is 7.79. The van der Waals surface area contributed by atoms with E-state index in [1.807, 2.05) is 23.1 Å². The summed E-state index contributed by atoms with van der Waals surface area (Å²) in [5.41, 5.74) is 0. The summed E-state index contributed by atoms with van der Waals surface area (Å²) in [5.74, 6) is 1.19. The highest BCUT2D eigenvalue weighted by molar-refractivity contribution is 8.00. The largest absolute Gasteiger partial charge is 0.308 e. The van der Waals surface area contributed by atoms with E-state index < -0.39 is 0 Å². The Bertz CT molecular complexity index is 275. The molecule has 0 saturated carbocycles. The maximum atomic E-state index is 3.63. The first-order valence-electron chi connectivity index (χ1n) is 5.93. The van der Waals surface area contributed by atoms with Gasteiger partial charge in [0.25, 0.3) is 0 Å². The molecule has 1 rings (SSSR count). The summed E-state index contributed by atoms with van der Waals surface area (Å²) in [5, 5.41) is 5.79. The third-order valence-corrected chi connectivity index (χ3v) is 4.58. The minimum absolute atomic E-state index is 0.381. The molecular weight excluding hydrogens is 234 g/mol. The SMILES string of the molecule is CCC(NCCSC(C)(C)C)c1cccs1. The summed E-state index contributed by atoms with van der Waals surface area (Å²) in [6.07, 6.45) is 1.17. The van der Waals surface area contributed by atoms with Gasteiger partial charge in [0.15, 0.2) is 0 Å². The summed E-state index contributed by atoms with van der Waals surface area (Å²) in [4.78, 5) is 1.46. The molecule has 3 heteroatoms. The Labute approximate surface area is 108 Å². The molecule has 16 heavy (non-hydrogen) atoms. The van der Waals surface area contributed by atoms with Gasteiger partial charge >= 0.3 is 0 Å². The maximum Gasteiger partial charge on any atom is 0.0412 e. The van der Waals surface area contributed by atoms with E-state index in [0.29, 0.717) is 10.8 Å². The number of nitrogens with one attached hydrogen (secondary N) is 1. The summed E-state index contributed by atoms with van der Waals surface area (Å²) >= 11 is 3.87. The molecular formula is C13H23NS2. The molecule has 0 aliphatic heterocycles. The van der Waals surface area contributed by atoms with E-state index in [1.165, 1.54) is 17.1 Å². The van der Waals surface area contributed by atoms with Gasteiger partial charge in [0.1, 0.15) is 0 Å². The first-order chi connectivity index (χ1) is 7.53. The summed E-state index contributed by atoms with van der Waals surface area (Å²) in [6.45, 7) is 10.2. The number of thiophene rings is 1. The molecule has 0 amide bonds. The minimum Gasteiger partial charge on any atom is -0.308 e. The van der Waals surface area contributed by atoms with Gasteiger partial charge in [-0.25, -0.2) is 0 Å². The van der Waals surface area contributed by atoms with E-state index in [-0.39, 0.29) is 0 Å². The normalized spacial score (nSPS) is 14.0. The van der Waals surface area contributed by atoms with Gasteiger partial charge in [0.05, 0.1) is 0 Å². The predicted octanol–water partition coefficient (Wildman–Crippen LogP) is 4.32. The first-order valence-corrected chi connectivity index (χ1v) is 7.80. The molecule has 0 aromatic carbocycles. The Balaban J connectivity index is 2.25. The summed E-state index contributed by atoms with van der Waals surface area (Å²) in [7, 11) is 0. The maximum absolute atomic E-state index is 3.63. The average molecular weight is 257 g/mol. The lowest BCUT2D eigenvalue weighted by molar-refractivity contribution is 0.547. The van der Waals surface area contributed by atoms with Crippen molar-refractivity contribution in [3.63, 3.8) is 0 Å². The molecule has 0 spiro atoms. The molecule has 1 nitrogen and oxygen atoms in total. The molecule has 1 heterocycles. The molecule has 92 valence electrons. The highest BCUT2D eigenvalue weighted by atomic mass is 32.2. The molecule has 0 fully saturated rings. The van der Waals surface area contributed by atoms with Crippen LogP contribution in [-0.4, -0.2) is 17.0 Å².